The van der Waals surface area contributed by atoms with E-state index in [2.05, 4.69) is 106 Å². The molecule has 0 saturated heterocycles. The summed E-state index contributed by atoms with van der Waals surface area (Å²) in [6, 6.07) is 0. The Labute approximate surface area is 437 Å². The van der Waals surface area contributed by atoms with Crippen molar-refractivity contribution in [3.05, 3.63) is 109 Å². The van der Waals surface area contributed by atoms with Crippen LogP contribution < -0.4 is 0 Å². The molecule has 0 heterocycles. The maximum atomic E-state index is 12.9. The smallest absolute Gasteiger partial charge is 0.462 e. The normalized spacial score (nSPS) is 14.2. The molecule has 2 N–H and O–H groups in total. The van der Waals surface area contributed by atoms with E-state index in [1.807, 2.05) is 18.2 Å². The van der Waals surface area contributed by atoms with Gasteiger partial charge in [-0.3, -0.25) is 23.4 Å². The Morgan fingerprint density at radius 1 is 0.417 bits per heavy atom. The number of phosphoric ester groups is 1. The Morgan fingerprint density at radius 3 is 1.25 bits per heavy atom. The number of hydrogen-bond donors (Lipinski definition) is 2. The third kappa shape index (κ3) is 51.1. The standard InChI is InChI=1S/C60H99O11P/c1-4-7-10-13-16-19-22-25-27-28-30-32-34-37-40-43-46-49-58(62)67-53-57(71-60(64)51-48-45-42-39-36-33-29-26-23-20-17-14-11-8-5-2)55-69-72(65,66)68-54-56(52-61)70-59(63)50-47-44-41-38-35-31-24-21-18-15-12-9-6-3/h8-9,11-12,17-18,20-21,25-27,29,31,35-36,39,45,48,56-57,61H,4-7,10,13-16,19,22-24,28,30,32-34,37-38,40-44,46-47,49-55H2,1-3H3,(H,65,66)/b11-8-,12-9-,20-17-,21-18-,27-25-,29-26-,35-31-,39-36-,48-45-. The Kier molecular flexibility index (Phi) is 50.6. The number of allylic oxidation sites excluding steroid dienone is 17. The summed E-state index contributed by atoms with van der Waals surface area (Å²) in [7, 11) is -4.78. The zero-order chi connectivity index (χ0) is 52.7. The van der Waals surface area contributed by atoms with E-state index in [9.17, 15) is 28.9 Å². The summed E-state index contributed by atoms with van der Waals surface area (Å²) in [6.45, 7) is 4.24. The average Bonchev–Trinajstić information content (AvgIpc) is 3.37. The second-order valence-electron chi connectivity index (χ2n) is 18.0. The number of carbonyl (C=O) groups is 3. The van der Waals surface area contributed by atoms with Gasteiger partial charge in [0.25, 0.3) is 0 Å². The van der Waals surface area contributed by atoms with Crippen molar-refractivity contribution in [3.63, 3.8) is 0 Å². The molecule has 3 unspecified atom stereocenters. The van der Waals surface area contributed by atoms with E-state index in [4.69, 9.17) is 23.3 Å². The van der Waals surface area contributed by atoms with Gasteiger partial charge in [0.15, 0.2) is 6.10 Å². The van der Waals surface area contributed by atoms with E-state index < -0.39 is 57.8 Å². The maximum absolute atomic E-state index is 12.9. The van der Waals surface area contributed by atoms with Crippen LogP contribution in [0.25, 0.3) is 0 Å². The molecule has 0 fully saturated rings. The molecule has 0 aliphatic carbocycles. The van der Waals surface area contributed by atoms with Crippen LogP contribution in [0.3, 0.4) is 0 Å². The van der Waals surface area contributed by atoms with Crippen LogP contribution in [0.1, 0.15) is 213 Å². The van der Waals surface area contributed by atoms with Crippen molar-refractivity contribution in [1.82, 2.24) is 0 Å². The molecule has 11 nitrogen and oxygen atoms in total. The van der Waals surface area contributed by atoms with Crippen molar-refractivity contribution in [1.29, 1.82) is 0 Å². The summed E-state index contributed by atoms with van der Waals surface area (Å²) in [5.74, 6) is -1.66. The lowest BCUT2D eigenvalue weighted by atomic mass is 10.1. The van der Waals surface area contributed by atoms with Crippen LogP contribution in [0.15, 0.2) is 109 Å². The highest BCUT2D eigenvalue weighted by Crippen LogP contribution is 2.43. The zero-order valence-electron chi connectivity index (χ0n) is 45.1. The topological polar surface area (TPSA) is 155 Å². The highest BCUT2D eigenvalue weighted by molar-refractivity contribution is 7.47. The first-order valence-corrected chi connectivity index (χ1v) is 29.3. The fraction of sp³-hybridized carbons (Fsp3) is 0.650. The molecule has 410 valence electrons. The lowest BCUT2D eigenvalue weighted by Crippen LogP contribution is -2.30. The van der Waals surface area contributed by atoms with E-state index in [-0.39, 0.29) is 25.9 Å². The van der Waals surface area contributed by atoms with Gasteiger partial charge < -0.3 is 24.2 Å². The molecule has 0 aliphatic heterocycles. The number of esters is 3. The highest BCUT2D eigenvalue weighted by atomic mass is 31.2. The van der Waals surface area contributed by atoms with E-state index in [1.165, 1.54) is 64.2 Å². The van der Waals surface area contributed by atoms with Gasteiger partial charge >= 0.3 is 25.7 Å². The average molecular weight is 1030 g/mol. The molecule has 0 rings (SSSR count). The van der Waals surface area contributed by atoms with Crippen molar-refractivity contribution in [2.75, 3.05) is 26.4 Å². The first-order chi connectivity index (χ1) is 35.2. The lowest BCUT2D eigenvalue weighted by molar-refractivity contribution is -0.160. The molecule has 0 amide bonds. The van der Waals surface area contributed by atoms with Crippen LogP contribution in [0.5, 0.6) is 0 Å². The third-order valence-electron chi connectivity index (χ3n) is 11.2. The molecule has 0 bridgehead atoms. The van der Waals surface area contributed by atoms with Crippen molar-refractivity contribution in [2.24, 2.45) is 0 Å². The van der Waals surface area contributed by atoms with E-state index >= 15 is 0 Å². The molecule has 0 radical (unpaired) electrons. The Balaban J connectivity index is 4.87. The van der Waals surface area contributed by atoms with Crippen LogP contribution in [-0.2, 0) is 42.2 Å². The van der Waals surface area contributed by atoms with Gasteiger partial charge in [0.2, 0.25) is 0 Å². The van der Waals surface area contributed by atoms with Gasteiger partial charge in [0, 0.05) is 12.8 Å². The molecule has 3 atom stereocenters. The quantitative estimate of drug-likeness (QED) is 0.0197. The minimum absolute atomic E-state index is 0.0722. The predicted molar refractivity (Wildman–Crippen MR) is 297 cm³/mol. The first kappa shape index (κ1) is 68.1. The summed E-state index contributed by atoms with van der Waals surface area (Å²) >= 11 is 0. The van der Waals surface area contributed by atoms with E-state index in [0.717, 1.165) is 89.9 Å². The summed E-state index contributed by atoms with van der Waals surface area (Å²) in [6.07, 6.45) is 63.7. The summed E-state index contributed by atoms with van der Waals surface area (Å²) in [4.78, 5) is 48.4. The molecule has 0 aromatic heterocycles. The van der Waals surface area contributed by atoms with Crippen LogP contribution in [0.4, 0.5) is 0 Å². The third-order valence-corrected chi connectivity index (χ3v) is 12.1. The van der Waals surface area contributed by atoms with Gasteiger partial charge in [-0.2, -0.15) is 0 Å². The van der Waals surface area contributed by atoms with E-state index in [1.54, 1.807) is 6.08 Å². The Hall–Kier alpha value is -3.86. The largest absolute Gasteiger partial charge is 0.472 e. The summed E-state index contributed by atoms with van der Waals surface area (Å²) in [5.41, 5.74) is 0. The van der Waals surface area contributed by atoms with Crippen molar-refractivity contribution >= 4 is 25.7 Å². The fourth-order valence-electron chi connectivity index (χ4n) is 7.03. The van der Waals surface area contributed by atoms with Gasteiger partial charge in [-0.05, 0) is 103 Å². The minimum atomic E-state index is -4.78. The van der Waals surface area contributed by atoms with Gasteiger partial charge in [-0.15, -0.1) is 0 Å². The molecular weight excluding hydrogens is 928 g/mol. The molecule has 12 heteroatoms. The Morgan fingerprint density at radius 2 is 0.778 bits per heavy atom. The second kappa shape index (κ2) is 53.4. The minimum Gasteiger partial charge on any atom is -0.462 e. The number of unbranched alkanes of at least 4 members (excludes halogenated alkanes) is 16. The number of aliphatic hydroxyl groups is 1. The molecule has 0 aliphatic rings. The number of hydrogen-bond acceptors (Lipinski definition) is 10. The molecular formula is C60H99O11P. The van der Waals surface area contributed by atoms with Gasteiger partial charge in [-0.25, -0.2) is 4.57 Å². The van der Waals surface area contributed by atoms with Gasteiger partial charge in [-0.1, -0.05) is 201 Å². The van der Waals surface area contributed by atoms with Crippen LogP contribution in [-0.4, -0.2) is 66.5 Å². The zero-order valence-corrected chi connectivity index (χ0v) is 46.0. The SMILES string of the molecule is CC/C=C\C/C=C\C/C=C\C/C=C\C/C=C\CC(=O)OC(COC(=O)CCCCCCCCC/C=C\CCCCCCCC)COP(=O)(O)OCC(CO)OC(=O)CCCCC/C=C\C/C=C\C/C=C\CC. The number of aliphatic hydroxyl groups excluding tert-OH is 1. The predicted octanol–water partition coefficient (Wildman–Crippen LogP) is 16.2. The van der Waals surface area contributed by atoms with Crippen LogP contribution in [0.2, 0.25) is 0 Å². The number of ether oxygens (including phenoxy) is 3. The second-order valence-corrected chi connectivity index (χ2v) is 19.4. The van der Waals surface area contributed by atoms with Crippen molar-refractivity contribution in [2.45, 2.75) is 226 Å². The molecule has 0 aromatic rings. The summed E-state index contributed by atoms with van der Waals surface area (Å²) in [5, 5.41) is 9.78. The van der Waals surface area contributed by atoms with Crippen LogP contribution in [0, 0.1) is 0 Å². The molecule has 72 heavy (non-hydrogen) atoms. The number of rotatable bonds is 50. The monoisotopic (exact) mass is 1030 g/mol. The first-order valence-electron chi connectivity index (χ1n) is 27.8. The van der Waals surface area contributed by atoms with Gasteiger partial charge in [0.05, 0.1) is 26.2 Å². The fourth-order valence-corrected chi connectivity index (χ4v) is 7.81. The Bertz CT molecular complexity index is 1620. The number of phosphoric acid groups is 1. The lowest BCUT2D eigenvalue weighted by Gasteiger charge is -2.21. The molecule has 0 aromatic carbocycles. The highest BCUT2D eigenvalue weighted by Gasteiger charge is 2.28. The molecule has 0 spiro atoms. The summed E-state index contributed by atoms with van der Waals surface area (Å²) < 4.78 is 39.3. The number of carbonyl (C=O) groups excluding carboxylic acids is 3. The van der Waals surface area contributed by atoms with Crippen molar-refractivity contribution in [3.8, 4) is 0 Å². The van der Waals surface area contributed by atoms with Gasteiger partial charge in [0.1, 0.15) is 12.7 Å². The van der Waals surface area contributed by atoms with Crippen LogP contribution >= 0.6 is 7.82 Å². The maximum Gasteiger partial charge on any atom is 0.472 e. The van der Waals surface area contributed by atoms with Crippen molar-refractivity contribution < 1.29 is 52.2 Å². The molecule has 0 saturated carbocycles. The van der Waals surface area contributed by atoms with E-state index in [0.29, 0.717) is 19.3 Å².